The number of rotatable bonds is 5. The summed E-state index contributed by atoms with van der Waals surface area (Å²) in [6.45, 7) is 5.76. The Morgan fingerprint density at radius 1 is 1.30 bits per heavy atom. The Labute approximate surface area is 119 Å². The van der Waals surface area contributed by atoms with Gasteiger partial charge in [-0.2, -0.15) is 0 Å². The summed E-state index contributed by atoms with van der Waals surface area (Å²) in [4.78, 5) is 23.7. The molecule has 0 radical (unpaired) electrons. The van der Waals surface area contributed by atoms with Gasteiger partial charge < -0.3 is 15.4 Å². The highest BCUT2D eigenvalue weighted by Crippen LogP contribution is 2.14. The lowest BCUT2D eigenvalue weighted by Gasteiger charge is -2.22. The Hall–Kier alpha value is -2.04. The van der Waals surface area contributed by atoms with Crippen molar-refractivity contribution in [2.24, 2.45) is 5.92 Å². The minimum atomic E-state index is -0.644. The number of ether oxygens (including phenoxy) is 1. The number of esters is 1. The molecule has 20 heavy (non-hydrogen) atoms. The fraction of sp³-hybridized carbons (Fsp3) is 0.467. The number of hydrogen-bond donors (Lipinski definition) is 2. The monoisotopic (exact) mass is 278 g/mol. The first-order chi connectivity index (χ1) is 9.49. The molecule has 0 aromatic heterocycles. The van der Waals surface area contributed by atoms with E-state index in [2.05, 4.69) is 10.6 Å². The molecule has 1 aromatic rings. The molecule has 110 valence electrons. The van der Waals surface area contributed by atoms with Crippen LogP contribution in [0.25, 0.3) is 0 Å². The first kappa shape index (κ1) is 16.0. The molecule has 0 spiro atoms. The van der Waals surface area contributed by atoms with Crippen LogP contribution in [0.4, 0.5) is 10.5 Å². The van der Waals surface area contributed by atoms with Gasteiger partial charge in [-0.15, -0.1) is 0 Å². The van der Waals surface area contributed by atoms with Crippen LogP contribution in [0.15, 0.2) is 24.3 Å². The fourth-order valence-electron chi connectivity index (χ4n) is 1.81. The van der Waals surface area contributed by atoms with E-state index in [-0.39, 0.29) is 5.92 Å². The van der Waals surface area contributed by atoms with Crippen LogP contribution in [0.2, 0.25) is 0 Å². The number of amides is 2. The van der Waals surface area contributed by atoms with Crippen molar-refractivity contribution in [2.45, 2.75) is 33.2 Å². The second-order valence-corrected chi connectivity index (χ2v) is 4.80. The highest BCUT2D eigenvalue weighted by molar-refractivity contribution is 5.93. The van der Waals surface area contributed by atoms with Crippen molar-refractivity contribution in [3.63, 3.8) is 0 Å². The number of aryl methyl sites for hydroxylation is 1. The molecule has 2 amide bonds. The Morgan fingerprint density at radius 2 is 1.95 bits per heavy atom. The minimum Gasteiger partial charge on any atom is -0.467 e. The summed E-state index contributed by atoms with van der Waals surface area (Å²) in [5.74, 6) is -0.427. The lowest BCUT2D eigenvalue weighted by atomic mass is 9.99. The van der Waals surface area contributed by atoms with Crippen LogP contribution in [-0.2, 0) is 9.53 Å². The van der Waals surface area contributed by atoms with E-state index in [0.29, 0.717) is 0 Å². The van der Waals surface area contributed by atoms with Crippen LogP contribution in [0.3, 0.4) is 0 Å². The van der Waals surface area contributed by atoms with Gasteiger partial charge in [0.05, 0.1) is 7.11 Å². The van der Waals surface area contributed by atoms with Gasteiger partial charge in [-0.25, -0.2) is 9.59 Å². The summed E-state index contributed by atoms with van der Waals surface area (Å²) in [5, 5.41) is 5.41. The van der Waals surface area contributed by atoms with Gasteiger partial charge in [-0.1, -0.05) is 38.5 Å². The predicted molar refractivity (Wildman–Crippen MR) is 78.6 cm³/mol. The lowest BCUT2D eigenvalue weighted by Crippen LogP contribution is -2.47. The van der Waals surface area contributed by atoms with Crippen LogP contribution >= 0.6 is 0 Å². The average molecular weight is 278 g/mol. The molecule has 0 unspecified atom stereocenters. The molecule has 0 aliphatic rings. The van der Waals surface area contributed by atoms with Crippen LogP contribution in [0, 0.1) is 12.8 Å². The van der Waals surface area contributed by atoms with Gasteiger partial charge in [-0.3, -0.25) is 0 Å². The van der Waals surface area contributed by atoms with Gasteiger partial charge in [0.1, 0.15) is 6.04 Å². The van der Waals surface area contributed by atoms with Crippen molar-refractivity contribution in [1.29, 1.82) is 0 Å². The second kappa shape index (κ2) is 7.53. The van der Waals surface area contributed by atoms with Crippen molar-refractivity contribution < 1.29 is 14.3 Å². The highest BCUT2D eigenvalue weighted by atomic mass is 16.5. The van der Waals surface area contributed by atoms with E-state index >= 15 is 0 Å². The molecule has 1 aromatic carbocycles. The zero-order valence-corrected chi connectivity index (χ0v) is 12.4. The molecule has 0 aliphatic heterocycles. The topological polar surface area (TPSA) is 67.4 Å². The van der Waals surface area contributed by atoms with Gasteiger partial charge in [0.15, 0.2) is 0 Å². The van der Waals surface area contributed by atoms with Crippen molar-refractivity contribution in [3.05, 3.63) is 29.8 Å². The number of benzene rings is 1. The summed E-state index contributed by atoms with van der Waals surface area (Å²) in [6.07, 6.45) is 0.768. The third-order valence-electron chi connectivity index (χ3n) is 3.35. The molecule has 0 bridgehead atoms. The van der Waals surface area contributed by atoms with E-state index in [0.717, 1.165) is 17.7 Å². The van der Waals surface area contributed by atoms with Gasteiger partial charge in [0.25, 0.3) is 0 Å². The van der Waals surface area contributed by atoms with Gasteiger partial charge in [0, 0.05) is 5.69 Å². The predicted octanol–water partition coefficient (Wildman–Crippen LogP) is 2.70. The molecule has 0 aliphatic carbocycles. The normalized spacial score (nSPS) is 13.2. The number of para-hydroxylation sites is 1. The third kappa shape index (κ3) is 4.26. The van der Waals surface area contributed by atoms with Gasteiger partial charge >= 0.3 is 12.0 Å². The largest absolute Gasteiger partial charge is 0.467 e. The number of carbonyl (C=O) groups excluding carboxylic acids is 2. The molecule has 0 saturated heterocycles. The SMILES string of the molecule is CC[C@@H](C)[C@@H](NC(=O)Nc1ccccc1C)C(=O)OC. The molecule has 0 fully saturated rings. The summed E-state index contributed by atoms with van der Waals surface area (Å²) in [6, 6.07) is 6.40. The van der Waals surface area contributed by atoms with Crippen LogP contribution in [0.5, 0.6) is 0 Å². The van der Waals surface area contributed by atoms with Gasteiger partial charge in [-0.05, 0) is 24.5 Å². The maximum absolute atomic E-state index is 12.0. The quantitative estimate of drug-likeness (QED) is 0.814. The summed E-state index contributed by atoms with van der Waals surface area (Å²) >= 11 is 0. The number of nitrogens with one attached hydrogen (secondary N) is 2. The molecule has 0 heterocycles. The van der Waals surface area contributed by atoms with Crippen molar-refractivity contribution >= 4 is 17.7 Å². The van der Waals surface area contributed by atoms with Crippen LogP contribution in [0.1, 0.15) is 25.8 Å². The number of carbonyl (C=O) groups is 2. The number of methoxy groups -OCH3 is 1. The number of hydrogen-bond acceptors (Lipinski definition) is 3. The molecular formula is C15H22N2O3. The van der Waals surface area contributed by atoms with Crippen molar-refractivity contribution in [2.75, 3.05) is 12.4 Å². The molecule has 1 rings (SSSR count). The Morgan fingerprint density at radius 3 is 2.50 bits per heavy atom. The van der Waals surface area contributed by atoms with Crippen molar-refractivity contribution in [1.82, 2.24) is 5.32 Å². The first-order valence-electron chi connectivity index (χ1n) is 6.70. The van der Waals surface area contributed by atoms with Crippen LogP contribution < -0.4 is 10.6 Å². The molecular weight excluding hydrogens is 256 g/mol. The van der Waals surface area contributed by atoms with E-state index in [9.17, 15) is 9.59 Å². The third-order valence-corrected chi connectivity index (χ3v) is 3.35. The van der Waals surface area contributed by atoms with E-state index in [1.54, 1.807) is 0 Å². The summed E-state index contributed by atoms with van der Waals surface area (Å²) in [7, 11) is 1.32. The molecule has 2 N–H and O–H groups in total. The number of anilines is 1. The molecule has 5 nitrogen and oxygen atoms in total. The number of urea groups is 1. The Balaban J connectivity index is 2.72. The van der Waals surface area contributed by atoms with Crippen LogP contribution in [-0.4, -0.2) is 25.2 Å². The fourth-order valence-corrected chi connectivity index (χ4v) is 1.81. The van der Waals surface area contributed by atoms with E-state index in [4.69, 9.17) is 4.74 Å². The Kier molecular flexibility index (Phi) is 6.03. The highest BCUT2D eigenvalue weighted by Gasteiger charge is 2.26. The lowest BCUT2D eigenvalue weighted by molar-refractivity contribution is -0.144. The standard InChI is InChI=1S/C15H22N2O3/c1-5-10(2)13(14(18)20-4)17-15(19)16-12-9-7-6-8-11(12)3/h6-10,13H,5H2,1-4H3,(H2,16,17,19)/t10-,13-/m1/s1. The molecule has 2 atom stereocenters. The zero-order chi connectivity index (χ0) is 15.1. The zero-order valence-electron chi connectivity index (χ0n) is 12.4. The summed E-state index contributed by atoms with van der Waals surface area (Å²) < 4.78 is 4.73. The molecule has 5 heteroatoms. The maximum Gasteiger partial charge on any atom is 0.328 e. The Bertz CT molecular complexity index is 474. The molecule has 0 saturated carbocycles. The average Bonchev–Trinajstić information content (AvgIpc) is 2.45. The second-order valence-electron chi connectivity index (χ2n) is 4.80. The van der Waals surface area contributed by atoms with E-state index in [1.807, 2.05) is 45.0 Å². The van der Waals surface area contributed by atoms with E-state index in [1.165, 1.54) is 7.11 Å². The maximum atomic E-state index is 12.0. The summed E-state index contributed by atoms with van der Waals surface area (Å²) in [5.41, 5.74) is 1.68. The van der Waals surface area contributed by atoms with E-state index < -0.39 is 18.0 Å². The smallest absolute Gasteiger partial charge is 0.328 e. The first-order valence-corrected chi connectivity index (χ1v) is 6.70. The van der Waals surface area contributed by atoms with Gasteiger partial charge in [0.2, 0.25) is 0 Å². The minimum absolute atomic E-state index is 0.00469. The van der Waals surface area contributed by atoms with Crippen molar-refractivity contribution in [3.8, 4) is 0 Å².